The molecule has 6 heteroatoms. The lowest BCUT2D eigenvalue weighted by molar-refractivity contribution is -0.115. The monoisotopic (exact) mass is 388 g/mol. The molecule has 0 unspecified atom stereocenters. The molecule has 3 rings (SSSR count). The lowest BCUT2D eigenvalue weighted by Crippen LogP contribution is -2.26. The van der Waals surface area contributed by atoms with E-state index < -0.39 is 5.97 Å². The lowest BCUT2D eigenvalue weighted by Gasteiger charge is -2.17. The van der Waals surface area contributed by atoms with E-state index in [0.29, 0.717) is 16.8 Å². The zero-order chi connectivity index (χ0) is 20.8. The SMILES string of the molecule is CN(C(=O)c1ccc(NC(=O)Cc2ccccc2C(=O)O)cc1)c1ccccc1. The number of carbonyl (C=O) groups excluding carboxylic acids is 2. The Morgan fingerprint density at radius 3 is 2.14 bits per heavy atom. The van der Waals surface area contributed by atoms with E-state index in [0.717, 1.165) is 5.69 Å². The highest BCUT2D eigenvalue weighted by Crippen LogP contribution is 2.17. The first-order chi connectivity index (χ1) is 14.0. The number of anilines is 2. The number of carbonyl (C=O) groups is 3. The van der Waals surface area contributed by atoms with E-state index in [1.807, 2.05) is 30.3 Å². The van der Waals surface area contributed by atoms with Crippen molar-refractivity contribution in [2.24, 2.45) is 0 Å². The molecule has 2 N–H and O–H groups in total. The maximum atomic E-state index is 12.6. The fourth-order valence-electron chi connectivity index (χ4n) is 2.92. The quantitative estimate of drug-likeness (QED) is 0.672. The summed E-state index contributed by atoms with van der Waals surface area (Å²) in [5.41, 5.74) is 2.35. The molecule has 0 atom stereocenters. The Bertz CT molecular complexity index is 1030. The number of nitrogens with one attached hydrogen (secondary N) is 1. The van der Waals surface area contributed by atoms with Crippen LogP contribution in [0.15, 0.2) is 78.9 Å². The highest BCUT2D eigenvalue weighted by Gasteiger charge is 2.15. The number of hydrogen-bond donors (Lipinski definition) is 2. The summed E-state index contributed by atoms with van der Waals surface area (Å²) in [6.07, 6.45) is -0.0557. The largest absolute Gasteiger partial charge is 0.478 e. The topological polar surface area (TPSA) is 86.7 Å². The molecule has 0 aliphatic carbocycles. The van der Waals surface area contributed by atoms with Gasteiger partial charge in [-0.3, -0.25) is 9.59 Å². The molecule has 0 radical (unpaired) electrons. The van der Waals surface area contributed by atoms with Crippen LogP contribution in [0.1, 0.15) is 26.3 Å². The molecule has 0 saturated carbocycles. The maximum absolute atomic E-state index is 12.6. The molecular weight excluding hydrogens is 368 g/mol. The lowest BCUT2D eigenvalue weighted by atomic mass is 10.0. The third kappa shape index (κ3) is 4.87. The van der Waals surface area contributed by atoms with Crippen molar-refractivity contribution in [3.63, 3.8) is 0 Å². The first-order valence-corrected chi connectivity index (χ1v) is 9.00. The normalized spacial score (nSPS) is 10.2. The van der Waals surface area contributed by atoms with Crippen LogP contribution in [0.2, 0.25) is 0 Å². The zero-order valence-electron chi connectivity index (χ0n) is 15.8. The van der Waals surface area contributed by atoms with Gasteiger partial charge in [0.25, 0.3) is 5.91 Å². The number of para-hydroxylation sites is 1. The predicted molar refractivity (Wildman–Crippen MR) is 111 cm³/mol. The van der Waals surface area contributed by atoms with Gasteiger partial charge in [-0.25, -0.2) is 4.79 Å². The highest BCUT2D eigenvalue weighted by atomic mass is 16.4. The van der Waals surface area contributed by atoms with Crippen molar-refractivity contribution >= 4 is 29.2 Å². The van der Waals surface area contributed by atoms with Gasteiger partial charge in [-0.05, 0) is 48.0 Å². The first-order valence-electron chi connectivity index (χ1n) is 9.00. The van der Waals surface area contributed by atoms with Crippen LogP contribution in [0.25, 0.3) is 0 Å². The van der Waals surface area contributed by atoms with Crippen LogP contribution in [-0.2, 0) is 11.2 Å². The fraction of sp³-hybridized carbons (Fsp3) is 0.0870. The van der Waals surface area contributed by atoms with Gasteiger partial charge in [0.1, 0.15) is 0 Å². The number of benzene rings is 3. The van der Waals surface area contributed by atoms with Crippen LogP contribution in [0.5, 0.6) is 0 Å². The van der Waals surface area contributed by atoms with Crippen molar-refractivity contribution in [3.05, 3.63) is 95.6 Å². The van der Waals surface area contributed by atoms with E-state index in [4.69, 9.17) is 0 Å². The number of carboxylic acid groups (broad SMARTS) is 1. The molecular formula is C23H20N2O4. The third-order valence-electron chi connectivity index (χ3n) is 4.46. The van der Waals surface area contributed by atoms with E-state index in [-0.39, 0.29) is 23.8 Å². The predicted octanol–water partition coefficient (Wildman–Crippen LogP) is 3.84. The molecule has 3 aromatic rings. The molecule has 146 valence electrons. The molecule has 3 aromatic carbocycles. The number of amides is 2. The maximum Gasteiger partial charge on any atom is 0.335 e. The summed E-state index contributed by atoms with van der Waals surface area (Å²) in [5.74, 6) is -1.57. The van der Waals surface area contributed by atoms with Crippen molar-refractivity contribution in [1.29, 1.82) is 0 Å². The standard InChI is InChI=1S/C23H20N2O4/c1-25(19-8-3-2-4-9-19)22(27)16-11-13-18(14-12-16)24-21(26)15-17-7-5-6-10-20(17)23(28)29/h2-14H,15H2,1H3,(H,24,26)(H,28,29). The molecule has 0 heterocycles. The van der Waals surface area contributed by atoms with Crippen LogP contribution in [0, 0.1) is 0 Å². The van der Waals surface area contributed by atoms with Gasteiger partial charge in [-0.1, -0.05) is 36.4 Å². The van der Waals surface area contributed by atoms with Gasteiger partial charge in [-0.15, -0.1) is 0 Å². The molecule has 0 fully saturated rings. The Morgan fingerprint density at radius 1 is 0.862 bits per heavy atom. The molecule has 0 bridgehead atoms. The second-order valence-corrected chi connectivity index (χ2v) is 6.46. The Balaban J connectivity index is 1.65. The minimum absolute atomic E-state index is 0.0557. The summed E-state index contributed by atoms with van der Waals surface area (Å²) < 4.78 is 0. The first kappa shape index (κ1) is 19.8. The summed E-state index contributed by atoms with van der Waals surface area (Å²) in [5, 5.41) is 11.9. The molecule has 6 nitrogen and oxygen atoms in total. The highest BCUT2D eigenvalue weighted by molar-refractivity contribution is 6.06. The van der Waals surface area contributed by atoms with Crippen LogP contribution < -0.4 is 10.2 Å². The molecule has 0 aliphatic rings. The minimum Gasteiger partial charge on any atom is -0.478 e. The summed E-state index contributed by atoms with van der Waals surface area (Å²) >= 11 is 0. The van der Waals surface area contributed by atoms with Gasteiger partial charge in [0.05, 0.1) is 12.0 Å². The molecule has 0 aromatic heterocycles. The van der Waals surface area contributed by atoms with Crippen molar-refractivity contribution in [1.82, 2.24) is 0 Å². The number of aromatic carboxylic acids is 1. The number of carboxylic acids is 1. The second-order valence-electron chi connectivity index (χ2n) is 6.46. The van der Waals surface area contributed by atoms with Gasteiger partial charge in [-0.2, -0.15) is 0 Å². The van der Waals surface area contributed by atoms with Gasteiger partial charge < -0.3 is 15.3 Å². The van der Waals surface area contributed by atoms with Crippen molar-refractivity contribution in [2.45, 2.75) is 6.42 Å². The molecule has 0 saturated heterocycles. The van der Waals surface area contributed by atoms with E-state index in [1.165, 1.54) is 6.07 Å². The fourth-order valence-corrected chi connectivity index (χ4v) is 2.92. The van der Waals surface area contributed by atoms with Crippen LogP contribution in [-0.4, -0.2) is 29.9 Å². The summed E-state index contributed by atoms with van der Waals surface area (Å²) in [4.78, 5) is 37.7. The van der Waals surface area contributed by atoms with Gasteiger partial charge in [0, 0.05) is 24.0 Å². The van der Waals surface area contributed by atoms with E-state index >= 15 is 0 Å². The molecule has 29 heavy (non-hydrogen) atoms. The van der Waals surface area contributed by atoms with E-state index in [9.17, 15) is 19.5 Å². The van der Waals surface area contributed by atoms with Crippen LogP contribution in [0.4, 0.5) is 11.4 Å². The minimum atomic E-state index is -1.07. The number of hydrogen-bond acceptors (Lipinski definition) is 3. The van der Waals surface area contributed by atoms with Crippen molar-refractivity contribution < 1.29 is 19.5 Å². The number of rotatable bonds is 6. The van der Waals surface area contributed by atoms with Crippen LogP contribution in [0.3, 0.4) is 0 Å². The van der Waals surface area contributed by atoms with E-state index in [1.54, 1.807) is 54.4 Å². The van der Waals surface area contributed by atoms with Crippen LogP contribution >= 0.6 is 0 Å². The van der Waals surface area contributed by atoms with Gasteiger partial charge >= 0.3 is 5.97 Å². The van der Waals surface area contributed by atoms with Crippen molar-refractivity contribution in [3.8, 4) is 0 Å². The Kier molecular flexibility index (Phi) is 6.04. The van der Waals surface area contributed by atoms with Crippen molar-refractivity contribution in [2.75, 3.05) is 17.3 Å². The van der Waals surface area contributed by atoms with Gasteiger partial charge in [0.2, 0.25) is 5.91 Å². The third-order valence-corrected chi connectivity index (χ3v) is 4.46. The second kappa shape index (κ2) is 8.84. The van der Waals surface area contributed by atoms with Gasteiger partial charge in [0.15, 0.2) is 0 Å². The summed E-state index contributed by atoms with van der Waals surface area (Å²) in [6.45, 7) is 0. The Morgan fingerprint density at radius 2 is 1.48 bits per heavy atom. The molecule has 2 amide bonds. The summed E-state index contributed by atoms with van der Waals surface area (Å²) in [6, 6.07) is 22.3. The molecule has 0 aliphatic heterocycles. The van der Waals surface area contributed by atoms with E-state index in [2.05, 4.69) is 5.32 Å². The Hall–Kier alpha value is -3.93. The zero-order valence-corrected chi connectivity index (χ0v) is 15.8. The smallest absolute Gasteiger partial charge is 0.335 e. The Labute approximate surface area is 168 Å². The molecule has 0 spiro atoms. The number of nitrogens with zero attached hydrogens (tertiary/aromatic N) is 1. The summed E-state index contributed by atoms with van der Waals surface area (Å²) in [7, 11) is 1.70. The average Bonchev–Trinajstić information content (AvgIpc) is 2.74. The average molecular weight is 388 g/mol.